The van der Waals surface area contributed by atoms with Crippen LogP contribution >= 0.6 is 0 Å². The van der Waals surface area contributed by atoms with E-state index in [1.807, 2.05) is 0 Å². The Morgan fingerprint density at radius 2 is 1.26 bits per heavy atom. The SMILES string of the molecule is COC1=CC(=O)C(C(CCc2ccc(O)c(OC)c2)c2cc(CCCc3ccc(O)c(OC)c3)c(O)cc2O)=CC1=O. The summed E-state index contributed by atoms with van der Waals surface area (Å²) in [4.78, 5) is 25.8. The van der Waals surface area contributed by atoms with Crippen molar-refractivity contribution in [2.75, 3.05) is 21.3 Å². The first kappa shape index (κ1) is 30.0. The van der Waals surface area contributed by atoms with E-state index >= 15 is 0 Å². The number of hydrogen-bond donors (Lipinski definition) is 4. The Morgan fingerprint density at radius 1 is 0.643 bits per heavy atom. The van der Waals surface area contributed by atoms with Crippen LogP contribution in [0.2, 0.25) is 0 Å². The third kappa shape index (κ3) is 6.68. The lowest BCUT2D eigenvalue weighted by Gasteiger charge is -2.24. The molecule has 0 spiro atoms. The molecule has 0 saturated heterocycles. The number of ketones is 2. The van der Waals surface area contributed by atoms with Gasteiger partial charge in [0.2, 0.25) is 5.78 Å². The Balaban J connectivity index is 1.64. The van der Waals surface area contributed by atoms with Crippen molar-refractivity contribution in [3.8, 4) is 34.5 Å². The van der Waals surface area contributed by atoms with E-state index in [-0.39, 0.29) is 34.3 Å². The zero-order valence-electron chi connectivity index (χ0n) is 23.7. The molecule has 1 atom stereocenters. The molecule has 1 aliphatic carbocycles. The van der Waals surface area contributed by atoms with Gasteiger partial charge in [0.05, 0.1) is 21.3 Å². The van der Waals surface area contributed by atoms with Crippen molar-refractivity contribution in [2.24, 2.45) is 0 Å². The number of ether oxygens (including phenoxy) is 3. The molecule has 0 aromatic heterocycles. The maximum absolute atomic E-state index is 13.2. The lowest BCUT2D eigenvalue weighted by Crippen LogP contribution is -2.20. The van der Waals surface area contributed by atoms with Crippen LogP contribution in [-0.2, 0) is 33.6 Å². The van der Waals surface area contributed by atoms with Crippen LogP contribution in [0.25, 0.3) is 0 Å². The Hall–Kier alpha value is -4.92. The van der Waals surface area contributed by atoms with Crippen molar-refractivity contribution < 1.29 is 44.2 Å². The van der Waals surface area contributed by atoms with Crippen LogP contribution in [0.1, 0.15) is 41.0 Å². The van der Waals surface area contributed by atoms with E-state index in [2.05, 4.69) is 0 Å². The molecule has 220 valence electrons. The van der Waals surface area contributed by atoms with E-state index in [4.69, 9.17) is 14.2 Å². The summed E-state index contributed by atoms with van der Waals surface area (Å²) in [5.74, 6) is -1.15. The van der Waals surface area contributed by atoms with E-state index in [0.717, 1.165) is 17.2 Å². The molecule has 9 heteroatoms. The molecule has 0 radical (unpaired) electrons. The van der Waals surface area contributed by atoms with Gasteiger partial charge in [-0.15, -0.1) is 0 Å². The molecule has 0 bridgehead atoms. The Morgan fingerprint density at radius 3 is 1.86 bits per heavy atom. The number of phenolic OH excluding ortho intramolecular Hbond substituents is 4. The van der Waals surface area contributed by atoms with Crippen LogP contribution in [0.5, 0.6) is 34.5 Å². The molecule has 0 aliphatic heterocycles. The van der Waals surface area contributed by atoms with Gasteiger partial charge in [-0.2, -0.15) is 0 Å². The number of phenols is 4. The van der Waals surface area contributed by atoms with E-state index in [9.17, 15) is 30.0 Å². The van der Waals surface area contributed by atoms with Crippen LogP contribution in [0.3, 0.4) is 0 Å². The summed E-state index contributed by atoms with van der Waals surface area (Å²) in [6.07, 6.45) is 4.90. The fourth-order valence-corrected chi connectivity index (χ4v) is 5.14. The summed E-state index contributed by atoms with van der Waals surface area (Å²) in [7, 11) is 4.25. The minimum absolute atomic E-state index is 0.00244. The van der Waals surface area contributed by atoms with Gasteiger partial charge >= 0.3 is 0 Å². The second-order valence-corrected chi connectivity index (χ2v) is 10.0. The minimum Gasteiger partial charge on any atom is -0.508 e. The predicted octanol–water partition coefficient (Wildman–Crippen LogP) is 5.03. The number of allylic oxidation sites excluding steroid dienone is 3. The first-order valence-electron chi connectivity index (χ1n) is 13.5. The monoisotopic (exact) mass is 574 g/mol. The standard InChI is InChI=1S/C33H34O9/c1-40-31-13-19(8-11-25(31)34)5-4-6-21-15-23(28(37)17-27(21)36)22(24-16-30(39)33(42-3)18-29(24)38)10-7-20-9-12-26(35)32(14-20)41-2/h8-9,11-18,22,34-37H,4-7,10H2,1-3H3. The van der Waals surface area contributed by atoms with Gasteiger partial charge in [-0.25, -0.2) is 0 Å². The van der Waals surface area contributed by atoms with Gasteiger partial charge < -0.3 is 34.6 Å². The van der Waals surface area contributed by atoms with Crippen molar-refractivity contribution in [1.29, 1.82) is 0 Å². The van der Waals surface area contributed by atoms with Crippen molar-refractivity contribution >= 4 is 11.6 Å². The highest BCUT2D eigenvalue weighted by Gasteiger charge is 2.30. The molecule has 42 heavy (non-hydrogen) atoms. The molecule has 3 aromatic carbocycles. The molecule has 4 N–H and O–H groups in total. The molecule has 1 aliphatic rings. The van der Waals surface area contributed by atoms with E-state index in [0.29, 0.717) is 54.7 Å². The molecule has 0 fully saturated rings. The van der Waals surface area contributed by atoms with E-state index in [1.54, 1.807) is 36.4 Å². The van der Waals surface area contributed by atoms with Gasteiger partial charge in [0.25, 0.3) is 0 Å². The number of carbonyl (C=O) groups excluding carboxylic acids is 2. The van der Waals surface area contributed by atoms with Crippen LogP contribution in [0.4, 0.5) is 0 Å². The largest absolute Gasteiger partial charge is 0.508 e. The highest BCUT2D eigenvalue weighted by molar-refractivity contribution is 6.19. The van der Waals surface area contributed by atoms with E-state index < -0.39 is 17.5 Å². The lowest BCUT2D eigenvalue weighted by atomic mass is 9.80. The molecule has 3 aromatic rings. The molecule has 9 nitrogen and oxygen atoms in total. The molecule has 0 heterocycles. The lowest BCUT2D eigenvalue weighted by molar-refractivity contribution is -0.117. The first-order valence-corrected chi connectivity index (χ1v) is 13.5. The summed E-state index contributed by atoms with van der Waals surface area (Å²) < 4.78 is 15.4. The first-order chi connectivity index (χ1) is 20.1. The molecular formula is C33H34O9. The molecule has 4 rings (SSSR count). The summed E-state index contributed by atoms with van der Waals surface area (Å²) in [5, 5.41) is 41.4. The third-order valence-electron chi connectivity index (χ3n) is 7.40. The zero-order valence-corrected chi connectivity index (χ0v) is 23.7. The predicted molar refractivity (Wildman–Crippen MR) is 155 cm³/mol. The highest BCUT2D eigenvalue weighted by atomic mass is 16.5. The van der Waals surface area contributed by atoms with E-state index in [1.165, 1.54) is 39.5 Å². The highest BCUT2D eigenvalue weighted by Crippen LogP contribution is 2.41. The van der Waals surface area contributed by atoms with Crippen molar-refractivity contribution in [3.63, 3.8) is 0 Å². The molecule has 1 unspecified atom stereocenters. The molecule has 0 saturated carbocycles. The fraction of sp³-hybridized carbons (Fsp3) is 0.273. The van der Waals surface area contributed by atoms with Crippen molar-refractivity contribution in [1.82, 2.24) is 0 Å². The van der Waals surface area contributed by atoms with Gasteiger partial charge in [0.1, 0.15) is 11.5 Å². The summed E-state index contributed by atoms with van der Waals surface area (Å²) >= 11 is 0. The number of hydrogen-bond acceptors (Lipinski definition) is 9. The second kappa shape index (κ2) is 13.2. The number of aromatic hydroxyl groups is 4. The quantitative estimate of drug-likeness (QED) is 0.219. The summed E-state index contributed by atoms with van der Waals surface area (Å²) in [6.45, 7) is 0. The van der Waals surface area contributed by atoms with Crippen molar-refractivity contribution in [2.45, 2.75) is 38.0 Å². The Bertz CT molecular complexity index is 1550. The van der Waals surface area contributed by atoms with Gasteiger partial charge in [0, 0.05) is 29.2 Å². The Kier molecular flexibility index (Phi) is 9.42. The molecular weight excluding hydrogens is 540 g/mol. The average molecular weight is 575 g/mol. The number of aryl methyl sites for hydroxylation is 3. The van der Waals surface area contributed by atoms with Crippen LogP contribution in [0, 0.1) is 0 Å². The maximum atomic E-state index is 13.2. The average Bonchev–Trinajstić information content (AvgIpc) is 2.97. The maximum Gasteiger partial charge on any atom is 0.220 e. The van der Waals surface area contributed by atoms with Crippen LogP contribution in [0.15, 0.2) is 72.0 Å². The smallest absolute Gasteiger partial charge is 0.220 e. The van der Waals surface area contributed by atoms with Gasteiger partial charge in [-0.1, -0.05) is 12.1 Å². The topological polar surface area (TPSA) is 143 Å². The minimum atomic E-state index is -0.684. The summed E-state index contributed by atoms with van der Waals surface area (Å²) in [6, 6.07) is 13.0. The number of rotatable bonds is 12. The van der Waals surface area contributed by atoms with Gasteiger partial charge in [-0.05, 0) is 85.2 Å². The fourth-order valence-electron chi connectivity index (χ4n) is 5.14. The van der Waals surface area contributed by atoms with Crippen molar-refractivity contribution in [3.05, 3.63) is 94.3 Å². The van der Waals surface area contributed by atoms with Gasteiger partial charge in [0.15, 0.2) is 34.5 Å². The third-order valence-corrected chi connectivity index (χ3v) is 7.40. The number of carbonyl (C=O) groups is 2. The number of methoxy groups -OCH3 is 3. The van der Waals surface area contributed by atoms with Gasteiger partial charge in [-0.3, -0.25) is 9.59 Å². The number of benzene rings is 3. The van der Waals surface area contributed by atoms with Crippen LogP contribution < -0.4 is 9.47 Å². The molecule has 0 amide bonds. The second-order valence-electron chi connectivity index (χ2n) is 10.0. The van der Waals surface area contributed by atoms with Crippen LogP contribution in [-0.4, -0.2) is 53.3 Å². The summed E-state index contributed by atoms with van der Waals surface area (Å²) in [5.41, 5.74) is 2.95. The normalized spacial score (nSPS) is 13.8. The zero-order chi connectivity index (χ0) is 30.4. The Labute approximate surface area is 243 Å².